The van der Waals surface area contributed by atoms with Gasteiger partial charge in [0.25, 0.3) is 0 Å². The molecule has 0 aliphatic heterocycles. The lowest BCUT2D eigenvalue weighted by atomic mass is 10.3. The minimum atomic E-state index is 0.789. The molecule has 15 heavy (non-hydrogen) atoms. The zero-order valence-electron chi connectivity index (χ0n) is 8.61. The van der Waals surface area contributed by atoms with Crippen LogP contribution in [0.25, 0.3) is 10.9 Å². The Hall–Kier alpha value is -0.870. The minimum absolute atomic E-state index is 0.789. The van der Waals surface area contributed by atoms with Crippen molar-refractivity contribution < 1.29 is 4.74 Å². The van der Waals surface area contributed by atoms with Gasteiger partial charge in [-0.05, 0) is 28.4 Å². The molecule has 4 heteroatoms. The summed E-state index contributed by atoms with van der Waals surface area (Å²) in [5.41, 5.74) is 1.17. The van der Waals surface area contributed by atoms with E-state index in [2.05, 4.69) is 31.7 Å². The second-order valence-corrected chi connectivity index (χ2v) is 4.26. The Labute approximate surface area is 97.2 Å². The van der Waals surface area contributed by atoms with Crippen molar-refractivity contribution in [2.45, 2.75) is 13.0 Å². The van der Waals surface area contributed by atoms with Crippen molar-refractivity contribution in [1.82, 2.24) is 9.55 Å². The van der Waals surface area contributed by atoms with Crippen LogP contribution in [0, 0.1) is 0 Å². The molecule has 2 heterocycles. The molecule has 0 aliphatic rings. The van der Waals surface area contributed by atoms with Gasteiger partial charge in [0.05, 0.1) is 11.7 Å². The van der Waals surface area contributed by atoms with Crippen molar-refractivity contribution in [3.63, 3.8) is 0 Å². The van der Waals surface area contributed by atoms with Crippen molar-refractivity contribution in [1.29, 1.82) is 0 Å². The molecule has 2 aromatic rings. The highest BCUT2D eigenvalue weighted by molar-refractivity contribution is 9.10. The number of rotatable bonds is 4. The molecule has 0 bridgehead atoms. The second kappa shape index (κ2) is 4.77. The predicted molar refractivity (Wildman–Crippen MR) is 63.9 cm³/mol. The van der Waals surface area contributed by atoms with E-state index in [1.165, 1.54) is 10.9 Å². The highest BCUT2D eigenvalue weighted by atomic mass is 79.9. The summed E-state index contributed by atoms with van der Waals surface area (Å²) in [4.78, 5) is 4.14. The number of aromatic nitrogens is 2. The fourth-order valence-electron chi connectivity index (χ4n) is 1.66. The van der Waals surface area contributed by atoms with E-state index in [0.29, 0.717) is 0 Å². The van der Waals surface area contributed by atoms with Gasteiger partial charge in [-0.3, -0.25) is 4.98 Å². The van der Waals surface area contributed by atoms with Gasteiger partial charge in [0, 0.05) is 42.5 Å². The van der Waals surface area contributed by atoms with E-state index in [1.54, 1.807) is 7.11 Å². The Morgan fingerprint density at radius 3 is 3.20 bits per heavy atom. The van der Waals surface area contributed by atoms with Gasteiger partial charge in [0.1, 0.15) is 0 Å². The molecule has 3 nitrogen and oxygen atoms in total. The molecule has 0 N–H and O–H groups in total. The van der Waals surface area contributed by atoms with Crippen LogP contribution < -0.4 is 0 Å². The van der Waals surface area contributed by atoms with Gasteiger partial charge in [-0.15, -0.1) is 0 Å². The first-order chi connectivity index (χ1) is 7.33. The third-order valence-electron chi connectivity index (χ3n) is 2.38. The zero-order valence-corrected chi connectivity index (χ0v) is 10.2. The Kier molecular flexibility index (Phi) is 3.38. The summed E-state index contributed by atoms with van der Waals surface area (Å²) >= 11 is 3.55. The molecule has 0 saturated carbocycles. The van der Waals surface area contributed by atoms with Gasteiger partial charge in [-0.1, -0.05) is 0 Å². The van der Waals surface area contributed by atoms with Crippen molar-refractivity contribution >= 4 is 26.8 Å². The van der Waals surface area contributed by atoms with Crippen LogP contribution in [0.15, 0.2) is 29.1 Å². The van der Waals surface area contributed by atoms with E-state index in [9.17, 15) is 0 Å². The number of aryl methyl sites for hydroxylation is 1. The first-order valence-electron chi connectivity index (χ1n) is 4.90. The molecule has 0 saturated heterocycles. The molecule has 2 aromatic heterocycles. The molecule has 0 atom stereocenters. The van der Waals surface area contributed by atoms with Crippen LogP contribution in [0.2, 0.25) is 0 Å². The molecule has 2 rings (SSSR count). The van der Waals surface area contributed by atoms with E-state index in [4.69, 9.17) is 4.74 Å². The molecule has 0 unspecified atom stereocenters. The number of nitrogens with zero attached hydrogens (tertiary/aromatic N) is 2. The highest BCUT2D eigenvalue weighted by Crippen LogP contribution is 2.25. The maximum absolute atomic E-state index is 5.04. The van der Waals surface area contributed by atoms with Gasteiger partial charge in [-0.2, -0.15) is 0 Å². The Morgan fingerprint density at radius 2 is 2.40 bits per heavy atom. The van der Waals surface area contributed by atoms with Crippen molar-refractivity contribution in [2.24, 2.45) is 0 Å². The second-order valence-electron chi connectivity index (χ2n) is 3.41. The van der Waals surface area contributed by atoms with Crippen LogP contribution in [-0.2, 0) is 11.3 Å². The van der Waals surface area contributed by atoms with Gasteiger partial charge in [-0.25, -0.2) is 0 Å². The standard InChI is InChI=1S/C11H13BrN2O/c1-15-6-2-5-14-8-10(12)9-3-4-13-7-11(9)14/h3-4,7-8H,2,5-6H2,1H3. The summed E-state index contributed by atoms with van der Waals surface area (Å²) in [7, 11) is 1.73. The molecular weight excluding hydrogens is 256 g/mol. The average Bonchev–Trinajstić information content (AvgIpc) is 2.58. The zero-order chi connectivity index (χ0) is 10.7. The van der Waals surface area contributed by atoms with Crippen molar-refractivity contribution in [2.75, 3.05) is 13.7 Å². The lowest BCUT2D eigenvalue weighted by Gasteiger charge is -2.03. The number of methoxy groups -OCH3 is 1. The minimum Gasteiger partial charge on any atom is -0.385 e. The topological polar surface area (TPSA) is 27.1 Å². The lowest BCUT2D eigenvalue weighted by molar-refractivity contribution is 0.190. The maximum Gasteiger partial charge on any atom is 0.0678 e. The fraction of sp³-hybridized carbons (Fsp3) is 0.364. The summed E-state index contributed by atoms with van der Waals surface area (Å²) in [6.45, 7) is 1.75. The van der Waals surface area contributed by atoms with Crippen LogP contribution >= 0.6 is 15.9 Å². The average molecular weight is 269 g/mol. The van der Waals surface area contributed by atoms with E-state index in [1.807, 2.05) is 18.5 Å². The van der Waals surface area contributed by atoms with E-state index in [0.717, 1.165) is 24.0 Å². The third-order valence-corrected chi connectivity index (χ3v) is 3.02. The number of fused-ring (bicyclic) bond motifs is 1. The lowest BCUT2D eigenvalue weighted by Crippen LogP contribution is -1.99. The van der Waals surface area contributed by atoms with Crippen LogP contribution in [0.1, 0.15) is 6.42 Å². The summed E-state index contributed by atoms with van der Waals surface area (Å²) in [5, 5.41) is 1.21. The van der Waals surface area contributed by atoms with Crippen LogP contribution in [0.3, 0.4) is 0 Å². The first kappa shape index (κ1) is 10.6. The van der Waals surface area contributed by atoms with E-state index < -0.39 is 0 Å². The van der Waals surface area contributed by atoms with Gasteiger partial charge in [0.2, 0.25) is 0 Å². The SMILES string of the molecule is COCCCn1cc(Br)c2ccncc21. The maximum atomic E-state index is 5.04. The molecule has 0 aliphatic carbocycles. The molecule has 0 aromatic carbocycles. The Bertz CT molecular complexity index is 453. The fourth-order valence-corrected chi connectivity index (χ4v) is 2.24. The summed E-state index contributed by atoms with van der Waals surface area (Å²) < 4.78 is 8.36. The quantitative estimate of drug-likeness (QED) is 0.798. The van der Waals surface area contributed by atoms with E-state index >= 15 is 0 Å². The number of halogens is 1. The summed E-state index contributed by atoms with van der Waals surface area (Å²) in [6.07, 6.45) is 6.82. The third kappa shape index (κ3) is 2.21. The monoisotopic (exact) mass is 268 g/mol. The smallest absolute Gasteiger partial charge is 0.0678 e. The highest BCUT2D eigenvalue weighted by Gasteiger charge is 2.05. The Morgan fingerprint density at radius 1 is 1.53 bits per heavy atom. The molecule has 0 amide bonds. The van der Waals surface area contributed by atoms with Gasteiger partial charge >= 0.3 is 0 Å². The summed E-state index contributed by atoms with van der Waals surface area (Å²) in [6, 6.07) is 2.02. The van der Waals surface area contributed by atoms with Crippen molar-refractivity contribution in [3.8, 4) is 0 Å². The molecule has 0 radical (unpaired) electrons. The molecule has 0 fully saturated rings. The molecule has 80 valence electrons. The van der Waals surface area contributed by atoms with Crippen LogP contribution in [0.4, 0.5) is 0 Å². The number of ether oxygens (including phenoxy) is 1. The molecular formula is C11H13BrN2O. The van der Waals surface area contributed by atoms with Crippen LogP contribution in [0.5, 0.6) is 0 Å². The largest absolute Gasteiger partial charge is 0.385 e. The summed E-state index contributed by atoms with van der Waals surface area (Å²) in [5.74, 6) is 0. The van der Waals surface area contributed by atoms with Crippen molar-refractivity contribution in [3.05, 3.63) is 29.1 Å². The van der Waals surface area contributed by atoms with Gasteiger partial charge < -0.3 is 9.30 Å². The first-order valence-corrected chi connectivity index (χ1v) is 5.69. The van der Waals surface area contributed by atoms with Crippen LogP contribution in [-0.4, -0.2) is 23.3 Å². The Balaban J connectivity index is 2.27. The van der Waals surface area contributed by atoms with E-state index in [-0.39, 0.29) is 0 Å². The molecule has 0 spiro atoms. The number of hydrogen-bond acceptors (Lipinski definition) is 2. The number of hydrogen-bond donors (Lipinski definition) is 0. The predicted octanol–water partition coefficient (Wildman–Crippen LogP) is 2.84. The van der Waals surface area contributed by atoms with Gasteiger partial charge in [0.15, 0.2) is 0 Å². The normalized spacial score (nSPS) is 11.1. The number of pyridine rings is 1.